The van der Waals surface area contributed by atoms with Gasteiger partial charge in [-0.3, -0.25) is 4.90 Å². The van der Waals surface area contributed by atoms with E-state index in [4.69, 9.17) is 0 Å². The van der Waals surface area contributed by atoms with E-state index in [1.165, 1.54) is 43.8 Å². The highest BCUT2D eigenvalue weighted by Crippen LogP contribution is 2.42. The van der Waals surface area contributed by atoms with Gasteiger partial charge in [0.05, 0.1) is 6.10 Å². The Balaban J connectivity index is 1.56. The molecule has 0 bridgehead atoms. The lowest BCUT2D eigenvalue weighted by Gasteiger charge is -2.32. The van der Waals surface area contributed by atoms with E-state index in [-0.39, 0.29) is 6.04 Å². The zero-order chi connectivity index (χ0) is 22.4. The molecule has 33 heavy (non-hydrogen) atoms. The van der Waals surface area contributed by atoms with Crippen LogP contribution in [0.4, 0.5) is 0 Å². The highest BCUT2D eigenvalue weighted by molar-refractivity contribution is 6.08. The second kappa shape index (κ2) is 8.15. The van der Waals surface area contributed by atoms with E-state index >= 15 is 0 Å². The maximum atomic E-state index is 11.2. The highest BCUT2D eigenvalue weighted by atomic mass is 16.3. The molecule has 1 heterocycles. The van der Waals surface area contributed by atoms with Crippen LogP contribution in [0.15, 0.2) is 103 Å². The average molecular weight is 430 g/mol. The van der Waals surface area contributed by atoms with Crippen LogP contribution in [0.25, 0.3) is 32.7 Å². The molecule has 5 aromatic rings. The molecule has 2 heteroatoms. The van der Waals surface area contributed by atoms with Crippen molar-refractivity contribution in [2.45, 2.75) is 32.2 Å². The third-order valence-electron chi connectivity index (χ3n) is 7.20. The Morgan fingerprint density at radius 1 is 0.606 bits per heavy atom. The van der Waals surface area contributed by atoms with Crippen LogP contribution >= 0.6 is 0 Å². The molecule has 0 aliphatic carbocycles. The maximum Gasteiger partial charge on any atom is 0.0942 e. The van der Waals surface area contributed by atoms with E-state index in [9.17, 15) is 5.11 Å². The Morgan fingerprint density at radius 3 is 1.64 bits per heavy atom. The van der Waals surface area contributed by atoms with Crippen molar-refractivity contribution in [1.82, 2.24) is 4.90 Å². The summed E-state index contributed by atoms with van der Waals surface area (Å²) < 4.78 is 0. The normalized spacial score (nSPS) is 15.6. The Bertz CT molecular complexity index is 1370. The van der Waals surface area contributed by atoms with Gasteiger partial charge in [0, 0.05) is 19.1 Å². The van der Waals surface area contributed by atoms with Crippen molar-refractivity contribution < 1.29 is 5.11 Å². The molecule has 0 saturated heterocycles. The second-order valence-corrected chi connectivity index (χ2v) is 9.14. The molecule has 0 amide bonds. The van der Waals surface area contributed by atoms with Crippen molar-refractivity contribution in [3.05, 3.63) is 120 Å². The molecule has 1 aliphatic heterocycles. The number of benzene rings is 5. The molecular weight excluding hydrogens is 402 g/mol. The first-order chi connectivity index (χ1) is 16.2. The summed E-state index contributed by atoms with van der Waals surface area (Å²) in [5, 5.41) is 16.4. The lowest BCUT2D eigenvalue weighted by molar-refractivity contribution is 0.0492. The predicted octanol–water partition coefficient (Wildman–Crippen LogP) is 7.10. The quantitative estimate of drug-likeness (QED) is 0.331. The molecule has 0 saturated carbocycles. The average Bonchev–Trinajstić information content (AvgIpc) is 3.05. The van der Waals surface area contributed by atoms with Gasteiger partial charge in [-0.25, -0.2) is 0 Å². The van der Waals surface area contributed by atoms with E-state index in [0.717, 1.165) is 18.7 Å². The molecule has 0 unspecified atom stereocenters. The van der Waals surface area contributed by atoms with Crippen LogP contribution in [0.2, 0.25) is 0 Å². The van der Waals surface area contributed by atoms with Crippen LogP contribution in [-0.2, 0) is 13.1 Å². The van der Waals surface area contributed by atoms with Crippen LogP contribution in [0.1, 0.15) is 29.7 Å². The van der Waals surface area contributed by atoms with Gasteiger partial charge >= 0.3 is 0 Å². The fourth-order valence-electron chi connectivity index (χ4n) is 5.40. The van der Waals surface area contributed by atoms with Gasteiger partial charge in [-0.15, -0.1) is 0 Å². The summed E-state index contributed by atoms with van der Waals surface area (Å²) in [6.45, 7) is 3.74. The van der Waals surface area contributed by atoms with Crippen molar-refractivity contribution in [1.29, 1.82) is 0 Å². The van der Waals surface area contributed by atoms with Gasteiger partial charge in [-0.2, -0.15) is 0 Å². The fourth-order valence-corrected chi connectivity index (χ4v) is 5.40. The molecule has 6 rings (SSSR count). The first kappa shape index (κ1) is 20.2. The number of fused-ring (bicyclic) bond motifs is 7. The first-order valence-corrected chi connectivity index (χ1v) is 11.7. The molecule has 0 radical (unpaired) electrons. The van der Waals surface area contributed by atoms with Gasteiger partial charge in [-0.1, -0.05) is 103 Å². The molecule has 0 fully saturated rings. The maximum absolute atomic E-state index is 11.2. The smallest absolute Gasteiger partial charge is 0.0942 e. The van der Waals surface area contributed by atoms with Gasteiger partial charge in [0.25, 0.3) is 0 Å². The molecule has 0 aromatic heterocycles. The summed E-state index contributed by atoms with van der Waals surface area (Å²) >= 11 is 0. The van der Waals surface area contributed by atoms with Crippen molar-refractivity contribution in [2.24, 2.45) is 0 Å². The zero-order valence-electron chi connectivity index (χ0n) is 18.8. The van der Waals surface area contributed by atoms with Crippen LogP contribution in [0, 0.1) is 0 Å². The molecule has 1 N–H and O–H groups in total. The number of hydrogen-bond donors (Lipinski definition) is 1. The van der Waals surface area contributed by atoms with Crippen LogP contribution in [-0.4, -0.2) is 16.0 Å². The minimum Gasteiger partial charge on any atom is -0.387 e. The van der Waals surface area contributed by atoms with Gasteiger partial charge in [0.2, 0.25) is 0 Å². The standard InChI is InChI=1S/C31H27NO/c1-21(31(33)24-11-3-2-4-12-24)32-19-25-17-15-22-9-5-7-13-27(22)29(25)30-26(20-32)18-16-23-10-6-8-14-28(23)30/h2-18,21,31,33H,19-20H2,1H3/t21-,31-/m1/s1. The van der Waals surface area contributed by atoms with Gasteiger partial charge in [0.1, 0.15) is 0 Å². The number of aliphatic hydroxyl groups is 1. The lowest BCUT2D eigenvalue weighted by Crippen LogP contribution is -2.36. The number of rotatable bonds is 3. The molecule has 2 atom stereocenters. The van der Waals surface area contributed by atoms with Crippen molar-refractivity contribution in [3.8, 4) is 11.1 Å². The van der Waals surface area contributed by atoms with E-state index in [0.29, 0.717) is 0 Å². The largest absolute Gasteiger partial charge is 0.387 e. The van der Waals surface area contributed by atoms with E-state index in [2.05, 4.69) is 84.6 Å². The summed E-state index contributed by atoms with van der Waals surface area (Å²) in [6, 6.07) is 36.4. The topological polar surface area (TPSA) is 23.5 Å². The lowest BCUT2D eigenvalue weighted by atomic mass is 9.88. The highest BCUT2D eigenvalue weighted by Gasteiger charge is 2.29. The van der Waals surface area contributed by atoms with Crippen molar-refractivity contribution >= 4 is 21.5 Å². The van der Waals surface area contributed by atoms with Gasteiger partial charge in [-0.05, 0) is 56.3 Å². The molecule has 2 nitrogen and oxygen atoms in total. The SMILES string of the molecule is C[C@H]([C@@H](O)c1ccccc1)N1Cc2ccc3ccccc3c2-c2c(ccc3ccccc23)C1. The van der Waals surface area contributed by atoms with E-state index in [1.54, 1.807) is 0 Å². The van der Waals surface area contributed by atoms with Crippen molar-refractivity contribution in [3.63, 3.8) is 0 Å². The first-order valence-electron chi connectivity index (χ1n) is 11.7. The molecule has 1 aliphatic rings. The van der Waals surface area contributed by atoms with Crippen molar-refractivity contribution in [2.75, 3.05) is 0 Å². The van der Waals surface area contributed by atoms with Gasteiger partial charge < -0.3 is 5.11 Å². The van der Waals surface area contributed by atoms with Crippen LogP contribution < -0.4 is 0 Å². The summed E-state index contributed by atoms with van der Waals surface area (Å²) in [7, 11) is 0. The minimum atomic E-state index is -0.544. The van der Waals surface area contributed by atoms with E-state index < -0.39 is 6.10 Å². The molecular formula is C31H27NO. The monoisotopic (exact) mass is 429 g/mol. The number of aliphatic hydroxyl groups excluding tert-OH is 1. The summed E-state index contributed by atoms with van der Waals surface area (Å²) in [4.78, 5) is 2.42. The third kappa shape index (κ3) is 3.43. The Kier molecular flexibility index (Phi) is 4.98. The Hall–Kier alpha value is -3.46. The number of nitrogens with zero attached hydrogens (tertiary/aromatic N) is 1. The predicted molar refractivity (Wildman–Crippen MR) is 137 cm³/mol. The number of hydrogen-bond acceptors (Lipinski definition) is 2. The van der Waals surface area contributed by atoms with Crippen LogP contribution in [0.3, 0.4) is 0 Å². The summed E-state index contributed by atoms with van der Waals surface area (Å²) in [5.74, 6) is 0. The van der Waals surface area contributed by atoms with Gasteiger partial charge in [0.15, 0.2) is 0 Å². The Labute approximate surface area is 194 Å². The zero-order valence-corrected chi connectivity index (χ0v) is 18.8. The Morgan fingerprint density at radius 2 is 1.09 bits per heavy atom. The molecule has 0 spiro atoms. The fraction of sp³-hybridized carbons (Fsp3) is 0.161. The summed E-state index contributed by atoms with van der Waals surface area (Å²) in [5.41, 5.74) is 6.27. The molecule has 162 valence electrons. The minimum absolute atomic E-state index is 0.0239. The second-order valence-electron chi connectivity index (χ2n) is 9.14. The van der Waals surface area contributed by atoms with Crippen LogP contribution in [0.5, 0.6) is 0 Å². The summed E-state index contributed by atoms with van der Waals surface area (Å²) in [6.07, 6.45) is -0.544. The molecule has 5 aromatic carbocycles. The third-order valence-corrected chi connectivity index (χ3v) is 7.20. The van der Waals surface area contributed by atoms with E-state index in [1.807, 2.05) is 30.3 Å².